The molecule has 1 amide bonds. The summed E-state index contributed by atoms with van der Waals surface area (Å²) in [6, 6.07) is 16.7. The average molecular weight is 627 g/mol. The molecule has 10 nitrogen and oxygen atoms in total. The number of nitrogens with zero attached hydrogens (tertiary/aromatic N) is 4. The van der Waals surface area contributed by atoms with E-state index in [2.05, 4.69) is 45.4 Å². The molecule has 2 aromatic heterocycles. The van der Waals surface area contributed by atoms with Crippen molar-refractivity contribution in [2.75, 3.05) is 43.5 Å². The summed E-state index contributed by atoms with van der Waals surface area (Å²) in [5, 5.41) is 17.3. The summed E-state index contributed by atoms with van der Waals surface area (Å²) in [4.78, 5) is 24.0. The monoisotopic (exact) mass is 626 g/mol. The van der Waals surface area contributed by atoms with Gasteiger partial charge >= 0.3 is 0 Å². The molecule has 0 saturated carbocycles. The predicted octanol–water partition coefficient (Wildman–Crippen LogP) is 6.48. The minimum absolute atomic E-state index is 0.146. The largest absolute Gasteiger partial charge is 0.486 e. The highest BCUT2D eigenvalue weighted by Gasteiger charge is 2.21. The van der Waals surface area contributed by atoms with Crippen molar-refractivity contribution < 1.29 is 19.0 Å². The summed E-state index contributed by atoms with van der Waals surface area (Å²) in [6.07, 6.45) is 7.17. The van der Waals surface area contributed by atoms with Gasteiger partial charge in [0.15, 0.2) is 0 Å². The Morgan fingerprint density at radius 2 is 2.04 bits per heavy atom. The second kappa shape index (κ2) is 15.3. The summed E-state index contributed by atoms with van der Waals surface area (Å²) in [6.45, 7) is 7.97. The molecule has 5 rings (SSSR count). The number of fused-ring (bicyclic) bond motifs is 1. The van der Waals surface area contributed by atoms with E-state index >= 15 is 0 Å². The van der Waals surface area contributed by atoms with Crippen molar-refractivity contribution in [1.29, 1.82) is 5.26 Å². The molecule has 0 spiro atoms. The number of amides is 1. The Morgan fingerprint density at radius 1 is 1.18 bits per heavy atom. The number of pyridine rings is 2. The molecule has 2 aromatic carbocycles. The van der Waals surface area contributed by atoms with Crippen molar-refractivity contribution in [3.8, 4) is 17.6 Å². The molecule has 232 valence electrons. The lowest BCUT2D eigenvalue weighted by Crippen LogP contribution is -2.23. The maximum atomic E-state index is 13.0. The van der Waals surface area contributed by atoms with Gasteiger partial charge in [-0.15, -0.1) is 0 Å². The lowest BCUT2D eigenvalue weighted by atomic mass is 10.1. The van der Waals surface area contributed by atoms with E-state index in [-0.39, 0.29) is 18.6 Å². The summed E-state index contributed by atoms with van der Waals surface area (Å²) in [5.41, 5.74) is 3.31. The molecule has 0 radical (unpaired) electrons. The number of anilines is 3. The number of aromatic nitrogens is 2. The first-order chi connectivity index (χ1) is 22.0. The molecule has 4 aromatic rings. The van der Waals surface area contributed by atoms with E-state index < -0.39 is 0 Å². The highest BCUT2D eigenvalue weighted by molar-refractivity contribution is 6.32. The Hall–Kier alpha value is -4.69. The van der Waals surface area contributed by atoms with Crippen LogP contribution in [0.3, 0.4) is 0 Å². The fraction of sp³-hybridized carbons (Fsp3) is 0.294. The lowest BCUT2D eigenvalue weighted by Gasteiger charge is -2.19. The van der Waals surface area contributed by atoms with Crippen molar-refractivity contribution >= 4 is 45.5 Å². The van der Waals surface area contributed by atoms with Gasteiger partial charge in [0.2, 0.25) is 5.91 Å². The number of halogens is 1. The van der Waals surface area contributed by atoms with E-state index in [9.17, 15) is 10.1 Å². The van der Waals surface area contributed by atoms with Gasteiger partial charge in [-0.25, -0.2) is 0 Å². The fourth-order valence-corrected chi connectivity index (χ4v) is 5.10. The zero-order chi connectivity index (χ0) is 31.6. The van der Waals surface area contributed by atoms with E-state index in [1.807, 2.05) is 30.3 Å². The third-order valence-corrected chi connectivity index (χ3v) is 7.65. The predicted molar refractivity (Wildman–Crippen MR) is 175 cm³/mol. The maximum Gasteiger partial charge on any atom is 0.248 e. The quantitative estimate of drug-likeness (QED) is 0.161. The van der Waals surface area contributed by atoms with Crippen LogP contribution in [0.25, 0.3) is 10.9 Å². The number of hydrogen-bond acceptors (Lipinski definition) is 9. The number of likely N-dealkylation sites (N-methyl/N-ethyl adjacent to an activating group) is 1. The van der Waals surface area contributed by atoms with Crippen LogP contribution in [0.4, 0.5) is 17.1 Å². The molecular weight excluding hydrogens is 592 g/mol. The third kappa shape index (κ3) is 8.28. The molecule has 1 aliphatic rings. The Balaban J connectivity index is 1.44. The van der Waals surface area contributed by atoms with Crippen molar-refractivity contribution in [3.05, 3.63) is 89.4 Å². The van der Waals surface area contributed by atoms with Crippen LogP contribution in [0, 0.1) is 11.3 Å². The van der Waals surface area contributed by atoms with Crippen LogP contribution in [0.1, 0.15) is 31.5 Å². The van der Waals surface area contributed by atoms with E-state index in [0.29, 0.717) is 69.8 Å². The normalized spacial score (nSPS) is 14.5. The van der Waals surface area contributed by atoms with Crippen molar-refractivity contribution in [3.63, 3.8) is 0 Å². The molecule has 0 aliphatic carbocycles. The lowest BCUT2D eigenvalue weighted by molar-refractivity contribution is -0.111. The first kappa shape index (κ1) is 31.7. The highest BCUT2D eigenvalue weighted by atomic mass is 35.5. The number of carbonyl (C=O) groups excluding carboxylic acids is 1. The summed E-state index contributed by atoms with van der Waals surface area (Å²) >= 11 is 6.57. The van der Waals surface area contributed by atoms with Gasteiger partial charge in [0.05, 0.1) is 46.4 Å². The Kier molecular flexibility index (Phi) is 10.8. The zero-order valence-electron chi connectivity index (χ0n) is 25.3. The summed E-state index contributed by atoms with van der Waals surface area (Å²) in [7, 11) is 0. The zero-order valence-corrected chi connectivity index (χ0v) is 26.0. The number of nitrogens with one attached hydrogen (secondary N) is 2. The molecule has 1 atom stereocenters. The second-order valence-electron chi connectivity index (χ2n) is 10.4. The van der Waals surface area contributed by atoms with Crippen LogP contribution in [-0.4, -0.2) is 59.7 Å². The maximum absolute atomic E-state index is 13.0. The number of hydrogen-bond donors (Lipinski definition) is 2. The molecule has 11 heteroatoms. The molecule has 0 bridgehead atoms. The first-order valence-corrected chi connectivity index (χ1v) is 15.3. The highest BCUT2D eigenvalue weighted by Crippen LogP contribution is 2.38. The van der Waals surface area contributed by atoms with Gasteiger partial charge in [0.1, 0.15) is 30.3 Å². The van der Waals surface area contributed by atoms with Crippen LogP contribution in [-0.2, 0) is 16.1 Å². The summed E-state index contributed by atoms with van der Waals surface area (Å²) in [5.74, 6) is 0.690. The van der Waals surface area contributed by atoms with Gasteiger partial charge in [0.25, 0.3) is 0 Å². The molecule has 45 heavy (non-hydrogen) atoms. The van der Waals surface area contributed by atoms with Crippen LogP contribution in [0.15, 0.2) is 73.1 Å². The Bertz CT molecular complexity index is 1700. The Labute approximate surface area is 267 Å². The number of carbonyl (C=O) groups is 1. The van der Waals surface area contributed by atoms with Crippen LogP contribution < -0.4 is 20.1 Å². The van der Waals surface area contributed by atoms with Gasteiger partial charge < -0.3 is 29.7 Å². The minimum Gasteiger partial charge on any atom is -0.486 e. The smallest absolute Gasteiger partial charge is 0.248 e. The molecule has 1 saturated heterocycles. The summed E-state index contributed by atoms with van der Waals surface area (Å²) < 4.78 is 17.6. The third-order valence-electron chi connectivity index (χ3n) is 7.36. The van der Waals surface area contributed by atoms with E-state index in [1.54, 1.807) is 30.5 Å². The second-order valence-corrected chi connectivity index (χ2v) is 10.8. The van der Waals surface area contributed by atoms with E-state index in [4.69, 9.17) is 25.8 Å². The fourth-order valence-electron chi connectivity index (χ4n) is 4.86. The van der Waals surface area contributed by atoms with E-state index in [1.165, 1.54) is 12.3 Å². The topological polar surface area (TPSA) is 122 Å². The van der Waals surface area contributed by atoms with Gasteiger partial charge in [-0.05, 0) is 49.5 Å². The molecule has 1 unspecified atom stereocenters. The number of benzene rings is 2. The van der Waals surface area contributed by atoms with Gasteiger partial charge in [0, 0.05) is 48.6 Å². The average Bonchev–Trinajstić information content (AvgIpc) is 3.57. The van der Waals surface area contributed by atoms with E-state index in [0.717, 1.165) is 25.2 Å². The number of rotatable bonds is 13. The van der Waals surface area contributed by atoms with Crippen LogP contribution >= 0.6 is 11.6 Å². The van der Waals surface area contributed by atoms with Crippen LogP contribution in [0.2, 0.25) is 5.02 Å². The molecule has 2 N–H and O–H groups in total. The molecular formula is C34H35ClN6O4. The number of nitriles is 1. The van der Waals surface area contributed by atoms with Crippen molar-refractivity contribution in [1.82, 2.24) is 14.9 Å². The standard InChI is InChI=1S/C34H35ClN6O4/c1-3-41(4-2)14-7-9-33(42)40-30-17-27-29(18-32(30)45-26-12-15-43-22-26)38-20-23(19-36)34(27)39-24-10-11-31(28(35)16-24)44-21-25-8-5-6-13-37-25/h5-11,13,16-18,20,26H,3-4,12,14-15,21-22H2,1-2H3,(H,38,39)(H,40,42). The van der Waals surface area contributed by atoms with Crippen LogP contribution in [0.5, 0.6) is 11.5 Å². The molecule has 1 fully saturated rings. The molecule has 3 heterocycles. The Morgan fingerprint density at radius 3 is 2.76 bits per heavy atom. The van der Waals surface area contributed by atoms with Crippen molar-refractivity contribution in [2.45, 2.75) is 33.0 Å². The van der Waals surface area contributed by atoms with Gasteiger partial charge in [-0.1, -0.05) is 37.6 Å². The van der Waals surface area contributed by atoms with Gasteiger partial charge in [-0.3, -0.25) is 14.8 Å². The first-order valence-electron chi connectivity index (χ1n) is 14.9. The molecule has 1 aliphatic heterocycles. The van der Waals surface area contributed by atoms with Gasteiger partial charge in [-0.2, -0.15) is 5.26 Å². The minimum atomic E-state index is -0.291. The number of ether oxygens (including phenoxy) is 3. The SMILES string of the molecule is CCN(CC)CC=CC(=O)Nc1cc2c(Nc3ccc(OCc4ccccn4)c(Cl)c3)c(C#N)cnc2cc1OC1CCOC1. The van der Waals surface area contributed by atoms with Crippen molar-refractivity contribution in [2.24, 2.45) is 0 Å².